The molecule has 0 aromatic heterocycles. The van der Waals surface area contributed by atoms with Gasteiger partial charge in [-0.1, -0.05) is 0 Å². The summed E-state index contributed by atoms with van der Waals surface area (Å²) in [4.78, 5) is 1.82. The Morgan fingerprint density at radius 3 is 2.18 bits per heavy atom. The molecule has 2 saturated heterocycles. The van der Waals surface area contributed by atoms with E-state index in [4.69, 9.17) is 16.5 Å². The first-order valence-corrected chi connectivity index (χ1v) is 4.08. The van der Waals surface area contributed by atoms with Crippen LogP contribution in [0.3, 0.4) is 0 Å². The molecule has 3 nitrogen and oxygen atoms in total. The molecule has 0 saturated carbocycles. The van der Waals surface area contributed by atoms with Gasteiger partial charge < -0.3 is 9.47 Å². The number of ether oxygens (including phenoxy) is 2. The van der Waals surface area contributed by atoms with Crippen LogP contribution in [0.4, 0.5) is 0 Å². The van der Waals surface area contributed by atoms with Gasteiger partial charge in [0.2, 0.25) is 0 Å². The van der Waals surface area contributed by atoms with Gasteiger partial charge in [-0.3, -0.25) is 4.90 Å². The Labute approximate surface area is 67.3 Å². The third-order valence-electron chi connectivity index (χ3n) is 2.37. The second kappa shape index (κ2) is 2.73. The van der Waals surface area contributed by atoms with Gasteiger partial charge in [0.1, 0.15) is 0 Å². The summed E-state index contributed by atoms with van der Waals surface area (Å²) in [5.74, 6) is -0.268. The van der Waals surface area contributed by atoms with E-state index in [9.17, 15) is 0 Å². The third-order valence-corrected chi connectivity index (χ3v) is 2.37. The van der Waals surface area contributed by atoms with E-state index < -0.39 is 0 Å². The highest BCUT2D eigenvalue weighted by molar-refractivity contribution is 4.82. The maximum Gasteiger partial charge on any atom is 0.170 e. The predicted octanol–water partition coefficient (Wildman–Crippen LogP) is 0.494. The molecule has 2 radical (unpaired) electrons. The largest absolute Gasteiger partial charge is 0.347 e. The van der Waals surface area contributed by atoms with Gasteiger partial charge in [0, 0.05) is 33.0 Å². The predicted molar refractivity (Wildman–Crippen MR) is 39.7 cm³/mol. The second-order valence-corrected chi connectivity index (χ2v) is 3.14. The summed E-state index contributed by atoms with van der Waals surface area (Å²) in [6.45, 7) is 3.23. The molecule has 0 aromatic carbocycles. The molecule has 2 aliphatic rings. The molecule has 2 rings (SSSR count). The highest BCUT2D eigenvalue weighted by Crippen LogP contribution is 2.30. The number of likely N-dealkylation sites (tertiary alicyclic amines) is 1. The van der Waals surface area contributed by atoms with E-state index in [-0.39, 0.29) is 5.79 Å². The zero-order chi connectivity index (χ0) is 7.73. The van der Waals surface area contributed by atoms with Crippen molar-refractivity contribution in [1.82, 2.24) is 4.90 Å². The van der Waals surface area contributed by atoms with E-state index in [2.05, 4.69) is 0 Å². The van der Waals surface area contributed by atoms with Gasteiger partial charge in [0.15, 0.2) is 5.79 Å². The van der Waals surface area contributed by atoms with Crippen LogP contribution in [0, 0.1) is 7.05 Å². The molecule has 0 N–H and O–H groups in total. The molecular formula is C8H13NO2. The van der Waals surface area contributed by atoms with E-state index in [1.54, 1.807) is 0 Å². The number of hydrogen-bond acceptors (Lipinski definition) is 3. The summed E-state index contributed by atoms with van der Waals surface area (Å²) in [7, 11) is 5.61. The van der Waals surface area contributed by atoms with Crippen LogP contribution >= 0.6 is 0 Å². The van der Waals surface area contributed by atoms with Crippen molar-refractivity contribution in [3.8, 4) is 0 Å². The van der Waals surface area contributed by atoms with Gasteiger partial charge in [-0.05, 0) is 0 Å². The molecular weight excluding hydrogens is 142 g/mol. The molecule has 3 heteroatoms. The van der Waals surface area contributed by atoms with Crippen LogP contribution < -0.4 is 0 Å². The maximum atomic E-state index is 5.61. The fraction of sp³-hybridized carbons (Fsp3) is 0.875. The molecule has 1 spiro atoms. The third kappa shape index (κ3) is 1.41. The van der Waals surface area contributed by atoms with E-state index in [1.807, 2.05) is 4.90 Å². The minimum Gasteiger partial charge on any atom is -0.347 e. The minimum atomic E-state index is -0.268. The molecule has 62 valence electrons. The number of nitrogens with zero attached hydrogens (tertiary/aromatic N) is 1. The molecule has 0 aromatic rings. The Morgan fingerprint density at radius 1 is 1.09 bits per heavy atom. The monoisotopic (exact) mass is 155 g/mol. The summed E-state index contributed by atoms with van der Waals surface area (Å²) in [5.41, 5.74) is 0. The summed E-state index contributed by atoms with van der Waals surface area (Å²) in [6.07, 6.45) is 1.81. The van der Waals surface area contributed by atoms with Crippen molar-refractivity contribution in [3.05, 3.63) is 7.05 Å². The molecule has 2 fully saturated rings. The zero-order valence-electron chi connectivity index (χ0n) is 6.58. The van der Waals surface area contributed by atoms with Crippen LogP contribution in [0.5, 0.6) is 0 Å². The average molecular weight is 155 g/mol. The van der Waals surface area contributed by atoms with Gasteiger partial charge in [0.05, 0.1) is 13.2 Å². The first-order valence-electron chi connectivity index (χ1n) is 4.08. The van der Waals surface area contributed by atoms with Crippen LogP contribution in [0.1, 0.15) is 12.8 Å². The second-order valence-electron chi connectivity index (χ2n) is 3.14. The fourth-order valence-electron chi connectivity index (χ4n) is 1.65. The fourth-order valence-corrected chi connectivity index (χ4v) is 1.65. The summed E-state index contributed by atoms with van der Waals surface area (Å²) in [6, 6.07) is 0. The Hall–Kier alpha value is -0.120. The molecule has 0 bridgehead atoms. The number of piperidine rings is 1. The van der Waals surface area contributed by atoms with Gasteiger partial charge in [0.25, 0.3) is 0 Å². The Morgan fingerprint density at radius 2 is 1.64 bits per heavy atom. The number of rotatable bonds is 0. The van der Waals surface area contributed by atoms with Crippen LogP contribution in [0.25, 0.3) is 0 Å². The van der Waals surface area contributed by atoms with Crippen molar-refractivity contribution < 1.29 is 9.47 Å². The summed E-state index contributed by atoms with van der Waals surface area (Å²) in [5, 5.41) is 0. The zero-order valence-corrected chi connectivity index (χ0v) is 6.58. The highest BCUT2D eigenvalue weighted by atomic mass is 16.7. The quantitative estimate of drug-likeness (QED) is 0.508. The normalized spacial score (nSPS) is 31.4. The van der Waals surface area contributed by atoms with Crippen LogP contribution in [0.15, 0.2) is 0 Å². The van der Waals surface area contributed by atoms with Crippen molar-refractivity contribution in [2.45, 2.75) is 18.6 Å². The molecule has 2 aliphatic heterocycles. The maximum absolute atomic E-state index is 5.61. The van der Waals surface area contributed by atoms with Crippen molar-refractivity contribution in [2.24, 2.45) is 0 Å². The SMILES string of the molecule is [CH]N1CCC2(CC1)OCCO2. The van der Waals surface area contributed by atoms with Crippen molar-refractivity contribution in [2.75, 3.05) is 26.3 Å². The van der Waals surface area contributed by atoms with Crippen molar-refractivity contribution in [1.29, 1.82) is 0 Å². The topological polar surface area (TPSA) is 21.7 Å². The van der Waals surface area contributed by atoms with Crippen LogP contribution in [-0.4, -0.2) is 37.0 Å². The minimum absolute atomic E-state index is 0.268. The average Bonchev–Trinajstić information content (AvgIpc) is 2.45. The molecule has 0 amide bonds. The first kappa shape index (κ1) is 7.53. The molecule has 0 aliphatic carbocycles. The van der Waals surface area contributed by atoms with E-state index in [1.165, 1.54) is 0 Å². The van der Waals surface area contributed by atoms with Crippen LogP contribution in [-0.2, 0) is 9.47 Å². The molecule has 11 heavy (non-hydrogen) atoms. The lowest BCUT2D eigenvalue weighted by molar-refractivity contribution is -0.182. The van der Waals surface area contributed by atoms with Crippen molar-refractivity contribution >= 4 is 0 Å². The highest BCUT2D eigenvalue weighted by Gasteiger charge is 2.38. The standard InChI is InChI=1S/C8H13NO2/c1-9-4-2-8(3-5-9)10-6-7-11-8/h1H,2-7H2. The Balaban J connectivity index is 1.94. The lowest BCUT2D eigenvalue weighted by Crippen LogP contribution is -2.42. The smallest absolute Gasteiger partial charge is 0.170 e. The lowest BCUT2D eigenvalue weighted by atomic mass is 10.0. The van der Waals surface area contributed by atoms with E-state index in [0.717, 1.165) is 39.1 Å². The molecule has 0 atom stereocenters. The molecule has 2 heterocycles. The van der Waals surface area contributed by atoms with E-state index >= 15 is 0 Å². The van der Waals surface area contributed by atoms with Crippen molar-refractivity contribution in [3.63, 3.8) is 0 Å². The van der Waals surface area contributed by atoms with Gasteiger partial charge in [-0.2, -0.15) is 0 Å². The Bertz CT molecular complexity index is 133. The summed E-state index contributed by atoms with van der Waals surface area (Å²) >= 11 is 0. The number of hydrogen-bond donors (Lipinski definition) is 0. The molecule has 0 unspecified atom stereocenters. The first-order chi connectivity index (χ1) is 5.31. The van der Waals surface area contributed by atoms with E-state index in [0.29, 0.717) is 0 Å². The lowest BCUT2D eigenvalue weighted by Gasteiger charge is -2.35. The Kier molecular flexibility index (Phi) is 1.87. The van der Waals surface area contributed by atoms with Gasteiger partial charge in [-0.25, -0.2) is 0 Å². The van der Waals surface area contributed by atoms with Crippen LogP contribution in [0.2, 0.25) is 0 Å². The summed E-state index contributed by atoms with van der Waals surface area (Å²) < 4.78 is 11.1. The van der Waals surface area contributed by atoms with Gasteiger partial charge >= 0.3 is 0 Å². The van der Waals surface area contributed by atoms with Gasteiger partial charge in [-0.15, -0.1) is 0 Å².